The third-order valence-corrected chi connectivity index (χ3v) is 0. The van der Waals surface area contributed by atoms with Crippen molar-refractivity contribution in [1.82, 2.24) is 0 Å². The van der Waals surface area contributed by atoms with Gasteiger partial charge in [0, 0.05) is 16.5 Å². The Bertz CT molecular complexity index is 11.6. The molecule has 0 aromatic rings. The third kappa shape index (κ3) is 198. The maximum atomic E-state index is 9.67. The van der Waals surface area contributed by atoms with E-state index in [1.807, 2.05) is 0 Å². The van der Waals surface area contributed by atoms with Crippen molar-refractivity contribution in [2.24, 2.45) is 0 Å². The van der Waals surface area contributed by atoms with Crippen molar-refractivity contribution in [1.29, 1.82) is 0 Å². The van der Waals surface area contributed by atoms with Gasteiger partial charge < -0.3 is 0 Å². The van der Waals surface area contributed by atoms with Crippen LogP contribution in [-0.4, -0.2) is 7.54 Å². The van der Waals surface area contributed by atoms with Crippen molar-refractivity contribution < 1.29 is 29.4 Å². The van der Waals surface area contributed by atoms with Crippen LogP contribution < -0.4 is 0 Å². The number of rotatable bonds is 0. The average Bonchev–Trinajstić information content (AvgIpc) is 0.811. The van der Waals surface area contributed by atoms with E-state index in [0.717, 1.165) is 0 Å². The monoisotopic (exact) mass is 126 g/mol. The smallest absolute Gasteiger partial charge is 0.254 e. The molecule has 0 bridgehead atoms. The van der Waals surface area contributed by atoms with Gasteiger partial charge in [-0.15, -0.1) is 0 Å². The topological polar surface area (TPSA) is 0 Å². The first-order chi connectivity index (χ1) is 1.73. The Kier molecular flexibility index (Phi) is 7.84. The molecule has 0 fully saturated rings. The van der Waals surface area contributed by atoms with Crippen molar-refractivity contribution >= 4 is 7.54 Å². The maximum absolute atomic E-state index is 9.67. The molecule has 0 spiro atoms. The predicted octanol–water partition coefficient (Wildman–Crippen LogP) is 0.877. The van der Waals surface area contributed by atoms with Crippen molar-refractivity contribution in [3.63, 3.8) is 0 Å². The zero-order valence-corrected chi connectivity index (χ0v) is 3.02. The standard InChI is InChI=1S/BF3.Ni/c2-1(3)4;. The Morgan fingerprint density at radius 2 is 1.00 bits per heavy atom. The fourth-order valence-electron chi connectivity index (χ4n) is 0. The van der Waals surface area contributed by atoms with Gasteiger partial charge in [0.1, 0.15) is 0 Å². The van der Waals surface area contributed by atoms with Crippen molar-refractivity contribution in [2.75, 3.05) is 0 Å². The Balaban J connectivity index is 0. The molecule has 0 aromatic heterocycles. The van der Waals surface area contributed by atoms with Gasteiger partial charge in [-0.3, -0.25) is 12.9 Å². The molecule has 0 heterocycles. The van der Waals surface area contributed by atoms with Crippen LogP contribution in [0.1, 0.15) is 0 Å². The first kappa shape index (κ1) is 9.02. The van der Waals surface area contributed by atoms with E-state index < -0.39 is 7.54 Å². The van der Waals surface area contributed by atoms with Gasteiger partial charge in [0.15, 0.2) is 0 Å². The number of hydrogen-bond donors (Lipinski definition) is 0. The Morgan fingerprint density at radius 3 is 1.00 bits per heavy atom. The molecular weight excluding hydrogens is 126 g/mol. The molecule has 5 heteroatoms. The van der Waals surface area contributed by atoms with E-state index >= 15 is 0 Å². The molecular formula is BF3Ni. The van der Waals surface area contributed by atoms with E-state index in [9.17, 15) is 12.9 Å². The Labute approximate surface area is 37.9 Å². The number of hydrogen-bond acceptors (Lipinski definition) is 0. The minimum absolute atomic E-state index is 0. The van der Waals surface area contributed by atoms with Gasteiger partial charge in [0.05, 0.1) is 0 Å². The molecule has 0 saturated heterocycles. The summed E-state index contributed by atoms with van der Waals surface area (Å²) in [5.74, 6) is 0. The van der Waals surface area contributed by atoms with Crippen LogP contribution in [0.25, 0.3) is 0 Å². The first-order valence-electron chi connectivity index (χ1n) is 0.655. The first-order valence-corrected chi connectivity index (χ1v) is 0.655. The number of halogens is 3. The van der Waals surface area contributed by atoms with Gasteiger partial charge in [-0.1, -0.05) is 0 Å². The predicted molar refractivity (Wildman–Crippen MR) is 9.08 cm³/mol. The van der Waals surface area contributed by atoms with E-state index in [1.54, 1.807) is 0 Å². The van der Waals surface area contributed by atoms with Crippen LogP contribution >= 0.6 is 0 Å². The van der Waals surface area contributed by atoms with Gasteiger partial charge in [0.25, 0.3) is 0 Å². The summed E-state index contributed by atoms with van der Waals surface area (Å²) in [6.07, 6.45) is 0. The summed E-state index contributed by atoms with van der Waals surface area (Å²) in [6, 6.07) is 0. The fourth-order valence-corrected chi connectivity index (χ4v) is 0. The Hall–Kier alpha value is 0.348. The molecule has 0 aliphatic carbocycles. The molecule has 34 valence electrons. The van der Waals surface area contributed by atoms with Gasteiger partial charge in [0.2, 0.25) is 0 Å². The van der Waals surface area contributed by atoms with Crippen LogP contribution in [0.5, 0.6) is 0 Å². The molecule has 0 aliphatic heterocycles. The van der Waals surface area contributed by atoms with Gasteiger partial charge >= 0.3 is 7.54 Å². The molecule has 5 heavy (non-hydrogen) atoms. The van der Waals surface area contributed by atoms with E-state index in [1.165, 1.54) is 0 Å². The third-order valence-electron chi connectivity index (χ3n) is 0. The summed E-state index contributed by atoms with van der Waals surface area (Å²) in [5.41, 5.74) is 0. The zero-order valence-electron chi connectivity index (χ0n) is 2.03. The second kappa shape index (κ2) is 4.35. The normalized spacial score (nSPS) is 5.40. The summed E-state index contributed by atoms with van der Waals surface area (Å²) in [4.78, 5) is 0. The second-order valence-electron chi connectivity index (χ2n) is 0.247. The van der Waals surface area contributed by atoms with Gasteiger partial charge in [-0.05, 0) is 0 Å². The van der Waals surface area contributed by atoms with Crippen LogP contribution in [0.4, 0.5) is 12.9 Å². The molecule has 0 radical (unpaired) electrons. The fraction of sp³-hybridized carbons (Fsp3) is 0. The van der Waals surface area contributed by atoms with E-state index in [2.05, 4.69) is 0 Å². The Morgan fingerprint density at radius 1 is 1.00 bits per heavy atom. The van der Waals surface area contributed by atoms with E-state index in [4.69, 9.17) is 0 Å². The van der Waals surface area contributed by atoms with Gasteiger partial charge in [-0.2, -0.15) is 0 Å². The quantitative estimate of drug-likeness (QED) is 0.423. The van der Waals surface area contributed by atoms with Gasteiger partial charge in [-0.25, -0.2) is 0 Å². The summed E-state index contributed by atoms with van der Waals surface area (Å²) >= 11 is 0. The van der Waals surface area contributed by atoms with Crippen molar-refractivity contribution in [3.8, 4) is 0 Å². The van der Waals surface area contributed by atoms with Crippen molar-refractivity contribution in [3.05, 3.63) is 0 Å². The summed E-state index contributed by atoms with van der Waals surface area (Å²) in [7, 11) is -3.67. The average molecular weight is 126 g/mol. The molecule has 0 rings (SSSR count). The summed E-state index contributed by atoms with van der Waals surface area (Å²) in [6.45, 7) is 0. The molecule has 0 nitrogen and oxygen atoms in total. The maximum Gasteiger partial charge on any atom is 0.762 e. The minimum atomic E-state index is -3.67. The summed E-state index contributed by atoms with van der Waals surface area (Å²) < 4.78 is 29.0. The zero-order chi connectivity index (χ0) is 3.58. The SMILES string of the molecule is FB(F)F.[Ni]. The molecule has 0 aromatic carbocycles. The largest absolute Gasteiger partial charge is 0.762 e. The molecule has 0 unspecified atom stereocenters. The molecule has 0 atom stereocenters. The second-order valence-corrected chi connectivity index (χ2v) is 0.247. The van der Waals surface area contributed by atoms with Crippen LogP contribution in [0.3, 0.4) is 0 Å². The van der Waals surface area contributed by atoms with Crippen LogP contribution in [0, 0.1) is 0 Å². The van der Waals surface area contributed by atoms with E-state index in [-0.39, 0.29) is 16.5 Å². The molecule has 0 amide bonds. The molecule has 0 saturated carbocycles. The minimum Gasteiger partial charge on any atom is -0.254 e. The van der Waals surface area contributed by atoms with Crippen LogP contribution in [-0.2, 0) is 16.5 Å². The molecule has 0 N–H and O–H groups in total. The van der Waals surface area contributed by atoms with Crippen LogP contribution in [0.15, 0.2) is 0 Å². The van der Waals surface area contributed by atoms with Crippen LogP contribution in [0.2, 0.25) is 0 Å². The van der Waals surface area contributed by atoms with Crippen molar-refractivity contribution in [2.45, 2.75) is 0 Å². The summed E-state index contributed by atoms with van der Waals surface area (Å²) in [5, 5.41) is 0. The van der Waals surface area contributed by atoms with E-state index in [0.29, 0.717) is 0 Å². The molecule has 0 aliphatic rings.